The Morgan fingerprint density at radius 1 is 1.15 bits per heavy atom. The summed E-state index contributed by atoms with van der Waals surface area (Å²) < 4.78 is 5.47. The smallest absolute Gasteiger partial charge is 0.305 e. The lowest BCUT2D eigenvalue weighted by atomic mass is 9.80. The van der Waals surface area contributed by atoms with Crippen molar-refractivity contribution in [1.82, 2.24) is 15.3 Å². The van der Waals surface area contributed by atoms with Crippen LogP contribution in [0.2, 0.25) is 0 Å². The third kappa shape index (κ3) is 7.15. The molecule has 2 N–H and O–H groups in total. The van der Waals surface area contributed by atoms with Gasteiger partial charge in [0.25, 0.3) is 0 Å². The maximum atomic E-state index is 13.5. The second-order valence-corrected chi connectivity index (χ2v) is 10.6. The van der Waals surface area contributed by atoms with E-state index in [1.165, 1.54) is 32.1 Å². The number of hydrogen-bond donors (Lipinski definition) is 2. The van der Waals surface area contributed by atoms with Crippen LogP contribution in [0.3, 0.4) is 0 Å². The summed E-state index contributed by atoms with van der Waals surface area (Å²) in [6, 6.07) is -0.399. The lowest BCUT2D eigenvalue weighted by molar-refractivity contribution is -0.156. The fourth-order valence-corrected chi connectivity index (χ4v) is 6.09. The van der Waals surface area contributed by atoms with Crippen LogP contribution in [0.25, 0.3) is 0 Å². The molecule has 188 valence electrons. The summed E-state index contributed by atoms with van der Waals surface area (Å²) in [5.74, 6) is -0.750. The molecule has 0 aromatic heterocycles. The van der Waals surface area contributed by atoms with E-state index in [9.17, 15) is 19.5 Å². The van der Waals surface area contributed by atoms with Gasteiger partial charge in [0.05, 0.1) is 18.6 Å². The minimum atomic E-state index is -0.901. The number of hydrogen-bond acceptors (Lipinski definition) is 5. The molecule has 8 heteroatoms. The summed E-state index contributed by atoms with van der Waals surface area (Å²) in [6.45, 7) is 2.77. The van der Waals surface area contributed by atoms with E-state index in [1.807, 2.05) is 14.0 Å². The van der Waals surface area contributed by atoms with Crippen molar-refractivity contribution in [3.05, 3.63) is 0 Å². The van der Waals surface area contributed by atoms with Crippen LogP contribution in [0.15, 0.2) is 0 Å². The number of rotatable bonds is 9. The monoisotopic (exact) mass is 465 g/mol. The molecule has 3 atom stereocenters. The molecule has 0 bridgehead atoms. The van der Waals surface area contributed by atoms with E-state index in [2.05, 4.69) is 5.43 Å². The Bertz CT molecular complexity index is 673. The van der Waals surface area contributed by atoms with Gasteiger partial charge in [0, 0.05) is 39.1 Å². The average Bonchev–Trinajstić information content (AvgIpc) is 2.80. The number of ether oxygens (including phenoxy) is 1. The lowest BCUT2D eigenvalue weighted by Crippen LogP contribution is -2.62. The molecule has 1 saturated heterocycles. The van der Waals surface area contributed by atoms with Crippen molar-refractivity contribution in [1.29, 1.82) is 0 Å². The van der Waals surface area contributed by atoms with Gasteiger partial charge in [-0.05, 0) is 63.7 Å². The highest BCUT2D eigenvalue weighted by Crippen LogP contribution is 2.34. The van der Waals surface area contributed by atoms with Crippen molar-refractivity contribution in [2.24, 2.45) is 17.8 Å². The van der Waals surface area contributed by atoms with Crippen LogP contribution < -0.4 is 5.43 Å². The Morgan fingerprint density at radius 3 is 2.42 bits per heavy atom. The van der Waals surface area contributed by atoms with E-state index < -0.39 is 17.9 Å². The third-order valence-electron chi connectivity index (χ3n) is 8.00. The van der Waals surface area contributed by atoms with Crippen molar-refractivity contribution in [3.63, 3.8) is 0 Å². The number of carbonyl (C=O) groups excluding carboxylic acids is 2. The predicted octanol–water partition coefficient (Wildman–Crippen LogP) is 3.21. The summed E-state index contributed by atoms with van der Waals surface area (Å²) in [5.41, 5.74) is 3.26. The standard InChI is InChI=1S/C25H43N3O5/c1-17-13-20(14-23(29)27(2)16-18-7-5-4-6-8-18)25(32)28(26-17)22(15-24(30)31)19-9-11-21(33-3)12-10-19/h17-22,26H,4-16H2,1-3H3,(H,30,31). The van der Waals surface area contributed by atoms with E-state index >= 15 is 0 Å². The molecule has 3 fully saturated rings. The number of nitrogens with zero attached hydrogens (tertiary/aromatic N) is 2. The topological polar surface area (TPSA) is 99.2 Å². The fraction of sp³-hybridized carbons (Fsp3) is 0.880. The van der Waals surface area contributed by atoms with Crippen LogP contribution >= 0.6 is 0 Å². The first-order valence-corrected chi connectivity index (χ1v) is 12.9. The van der Waals surface area contributed by atoms with Crippen molar-refractivity contribution in [2.45, 2.75) is 102 Å². The zero-order chi connectivity index (χ0) is 24.0. The highest BCUT2D eigenvalue weighted by atomic mass is 16.5. The van der Waals surface area contributed by atoms with Gasteiger partial charge in [-0.2, -0.15) is 0 Å². The van der Waals surface area contributed by atoms with Crippen molar-refractivity contribution in [2.75, 3.05) is 20.7 Å². The third-order valence-corrected chi connectivity index (χ3v) is 8.00. The van der Waals surface area contributed by atoms with Gasteiger partial charge < -0.3 is 14.7 Å². The van der Waals surface area contributed by atoms with Gasteiger partial charge in [0.2, 0.25) is 11.8 Å². The van der Waals surface area contributed by atoms with E-state index in [4.69, 9.17) is 4.74 Å². The van der Waals surface area contributed by atoms with Gasteiger partial charge >= 0.3 is 5.97 Å². The van der Waals surface area contributed by atoms with Gasteiger partial charge in [-0.3, -0.25) is 19.4 Å². The second-order valence-electron chi connectivity index (χ2n) is 10.6. The zero-order valence-corrected chi connectivity index (χ0v) is 20.6. The molecule has 2 saturated carbocycles. The molecule has 3 unspecified atom stereocenters. The molecular formula is C25H43N3O5. The first-order chi connectivity index (χ1) is 15.8. The molecule has 3 rings (SSSR count). The highest BCUT2D eigenvalue weighted by Gasteiger charge is 2.42. The summed E-state index contributed by atoms with van der Waals surface area (Å²) in [7, 11) is 3.56. The first kappa shape index (κ1) is 25.9. The maximum Gasteiger partial charge on any atom is 0.305 e. The number of hydrazine groups is 1. The van der Waals surface area contributed by atoms with Gasteiger partial charge in [0.1, 0.15) is 0 Å². The number of carboxylic acids is 1. The molecule has 1 aliphatic heterocycles. The van der Waals surface area contributed by atoms with E-state index in [0.717, 1.165) is 32.2 Å². The van der Waals surface area contributed by atoms with Crippen LogP contribution in [0.5, 0.6) is 0 Å². The van der Waals surface area contributed by atoms with Crippen LogP contribution in [-0.2, 0) is 19.1 Å². The van der Waals surface area contributed by atoms with Crippen molar-refractivity contribution >= 4 is 17.8 Å². The van der Waals surface area contributed by atoms with Gasteiger partial charge in [-0.25, -0.2) is 5.43 Å². The quantitative estimate of drug-likeness (QED) is 0.543. The van der Waals surface area contributed by atoms with E-state index in [-0.39, 0.29) is 42.7 Å². The largest absolute Gasteiger partial charge is 0.481 e. The predicted molar refractivity (Wildman–Crippen MR) is 125 cm³/mol. The summed E-state index contributed by atoms with van der Waals surface area (Å²) in [5, 5.41) is 11.2. The Balaban J connectivity index is 1.64. The minimum absolute atomic E-state index is 0.00996. The number of carbonyl (C=O) groups is 3. The number of nitrogens with one attached hydrogen (secondary N) is 1. The summed E-state index contributed by atoms with van der Waals surface area (Å²) in [4.78, 5) is 40.0. The van der Waals surface area contributed by atoms with Crippen LogP contribution in [0.4, 0.5) is 0 Å². The Morgan fingerprint density at radius 2 is 1.82 bits per heavy atom. The summed E-state index contributed by atoms with van der Waals surface area (Å²) in [6.07, 6.45) is 10.5. The Labute approximate surface area is 198 Å². The molecular weight excluding hydrogens is 422 g/mol. The molecule has 0 radical (unpaired) electrons. The molecule has 0 spiro atoms. The first-order valence-electron chi connectivity index (χ1n) is 12.9. The number of aliphatic carboxylic acids is 1. The van der Waals surface area contributed by atoms with Crippen LogP contribution in [0, 0.1) is 17.8 Å². The molecule has 3 aliphatic rings. The molecule has 33 heavy (non-hydrogen) atoms. The minimum Gasteiger partial charge on any atom is -0.481 e. The number of carboxylic acid groups (broad SMARTS) is 1. The second kappa shape index (κ2) is 12.2. The van der Waals surface area contributed by atoms with Gasteiger partial charge in [-0.15, -0.1) is 0 Å². The van der Waals surface area contributed by atoms with Crippen LogP contribution in [0.1, 0.15) is 84.0 Å². The average molecular weight is 466 g/mol. The molecule has 2 amide bonds. The van der Waals surface area contributed by atoms with Crippen molar-refractivity contribution < 1.29 is 24.2 Å². The normalized spacial score (nSPS) is 30.2. The zero-order valence-electron chi connectivity index (χ0n) is 20.6. The number of amides is 2. The summed E-state index contributed by atoms with van der Waals surface area (Å²) >= 11 is 0. The van der Waals surface area contributed by atoms with Crippen molar-refractivity contribution in [3.8, 4) is 0 Å². The van der Waals surface area contributed by atoms with Gasteiger partial charge in [0.15, 0.2) is 0 Å². The number of methoxy groups -OCH3 is 1. The Kier molecular flexibility index (Phi) is 9.56. The molecule has 8 nitrogen and oxygen atoms in total. The molecule has 1 heterocycles. The maximum absolute atomic E-state index is 13.5. The molecule has 0 aromatic carbocycles. The van der Waals surface area contributed by atoms with E-state index in [1.54, 1.807) is 17.0 Å². The molecule has 0 aromatic rings. The molecule has 2 aliphatic carbocycles. The SMILES string of the molecule is COC1CCC(C(CC(=O)O)N2NC(C)CC(CC(=O)N(C)CC3CCCCC3)C2=O)CC1. The highest BCUT2D eigenvalue weighted by molar-refractivity contribution is 5.86. The lowest BCUT2D eigenvalue weighted by Gasteiger charge is -2.45. The van der Waals surface area contributed by atoms with Crippen LogP contribution in [-0.4, -0.2) is 71.7 Å². The van der Waals surface area contributed by atoms with E-state index in [0.29, 0.717) is 12.3 Å². The Hall–Kier alpha value is -1.67. The van der Waals surface area contributed by atoms with Gasteiger partial charge in [-0.1, -0.05) is 19.3 Å². The fourth-order valence-electron chi connectivity index (χ4n) is 6.09.